The van der Waals surface area contributed by atoms with E-state index in [1.54, 1.807) is 0 Å². The molecule has 0 spiro atoms. The summed E-state index contributed by atoms with van der Waals surface area (Å²) in [6.45, 7) is -1.12. The van der Waals surface area contributed by atoms with E-state index in [-0.39, 0.29) is 53.5 Å². The van der Waals surface area contributed by atoms with Crippen LogP contribution in [0.1, 0.15) is 52.6 Å². The predicted octanol–water partition coefficient (Wildman–Crippen LogP) is -0.652. The first-order valence-corrected chi connectivity index (χ1v) is 12.7. The second kappa shape index (κ2) is 14.4. The van der Waals surface area contributed by atoms with E-state index in [2.05, 4.69) is 0 Å². The molecule has 0 saturated heterocycles. The summed E-state index contributed by atoms with van der Waals surface area (Å²) in [6.07, 6.45) is -0.701. The van der Waals surface area contributed by atoms with Crippen molar-refractivity contribution in [3.05, 3.63) is 57.6 Å². The first-order valence-electron chi connectivity index (χ1n) is 9.80. The molecule has 2 rings (SSSR count). The molecule has 0 heterocycles. The molecular formula is C20H20NaO16S2. The fourth-order valence-electron chi connectivity index (χ4n) is 3.12. The third kappa shape index (κ3) is 9.64. The maximum atomic E-state index is 11.2. The zero-order valence-electron chi connectivity index (χ0n) is 19.8. The minimum absolute atomic E-state index is 0. The Morgan fingerprint density at radius 3 is 1.03 bits per heavy atom. The molecule has 0 aromatic heterocycles. The number of benzene rings is 2. The molecule has 0 bridgehead atoms. The van der Waals surface area contributed by atoms with E-state index in [0.29, 0.717) is 12.1 Å². The van der Waals surface area contributed by atoms with Crippen LogP contribution < -0.4 is 0 Å². The van der Waals surface area contributed by atoms with E-state index < -0.39 is 89.4 Å². The summed E-state index contributed by atoms with van der Waals surface area (Å²) in [7, 11) is -9.61. The first kappa shape index (κ1) is 36.1. The largest absolute Gasteiger partial charge is 0.478 e. The molecule has 0 fully saturated rings. The van der Waals surface area contributed by atoms with E-state index >= 15 is 0 Å². The van der Waals surface area contributed by atoms with Crippen molar-refractivity contribution in [3.63, 3.8) is 0 Å². The van der Waals surface area contributed by atoms with Crippen LogP contribution in [-0.4, -0.2) is 123 Å². The number of aliphatic hydroxyl groups is 2. The molecule has 8 N–H and O–H groups in total. The molecule has 0 saturated carbocycles. The van der Waals surface area contributed by atoms with Crippen LogP contribution in [0, 0.1) is 0 Å². The number of carbonyl (C=O) groups is 4. The fourth-order valence-corrected chi connectivity index (χ4v) is 4.72. The molecule has 19 heteroatoms. The van der Waals surface area contributed by atoms with Gasteiger partial charge in [0.1, 0.15) is 0 Å². The smallest absolute Gasteiger partial charge is 0.336 e. The average molecular weight is 603 g/mol. The van der Waals surface area contributed by atoms with E-state index in [1.807, 2.05) is 0 Å². The number of carboxylic acids is 4. The zero-order valence-corrected chi connectivity index (χ0v) is 23.4. The summed E-state index contributed by atoms with van der Waals surface area (Å²) in [6, 6.07) is 2.83. The van der Waals surface area contributed by atoms with Gasteiger partial charge in [-0.2, -0.15) is 16.8 Å². The maximum absolute atomic E-state index is 11.2. The molecule has 0 aliphatic rings. The third-order valence-corrected chi connectivity index (χ3v) is 6.49. The third-order valence-electron chi connectivity index (χ3n) is 4.65. The second-order valence-corrected chi connectivity index (χ2v) is 9.90. The van der Waals surface area contributed by atoms with Gasteiger partial charge < -0.3 is 30.6 Å². The van der Waals surface area contributed by atoms with Crippen molar-refractivity contribution in [2.75, 3.05) is 13.2 Å². The Morgan fingerprint density at radius 2 is 0.846 bits per heavy atom. The van der Waals surface area contributed by atoms with E-state index in [0.717, 1.165) is 12.1 Å². The molecule has 16 nitrogen and oxygen atoms in total. The van der Waals surface area contributed by atoms with Crippen LogP contribution in [0.4, 0.5) is 0 Å². The van der Waals surface area contributed by atoms with Crippen LogP contribution in [0.3, 0.4) is 0 Å². The molecule has 0 atom stereocenters. The van der Waals surface area contributed by atoms with Crippen LogP contribution in [0.15, 0.2) is 34.1 Å². The Labute approximate surface area is 241 Å². The Bertz CT molecular complexity index is 1380. The summed E-state index contributed by atoms with van der Waals surface area (Å²) in [5.74, 6) is -6.20. The van der Waals surface area contributed by atoms with Gasteiger partial charge >= 0.3 is 23.9 Å². The summed E-state index contributed by atoms with van der Waals surface area (Å²) in [4.78, 5) is 41.9. The van der Waals surface area contributed by atoms with Gasteiger partial charge in [-0.15, -0.1) is 0 Å². The summed E-state index contributed by atoms with van der Waals surface area (Å²) in [5, 5.41) is 53.1. The number of carboxylic acid groups (broad SMARTS) is 4. The molecule has 0 aliphatic heterocycles. The molecule has 0 amide bonds. The van der Waals surface area contributed by atoms with Crippen molar-refractivity contribution < 1.29 is 75.8 Å². The Hall–Kier alpha value is -2.94. The van der Waals surface area contributed by atoms with Crippen molar-refractivity contribution in [1.82, 2.24) is 0 Å². The van der Waals surface area contributed by atoms with Crippen LogP contribution in [-0.2, 0) is 33.1 Å². The Morgan fingerprint density at radius 1 is 0.564 bits per heavy atom. The number of rotatable bonds is 10. The van der Waals surface area contributed by atoms with E-state index in [1.165, 1.54) is 0 Å². The van der Waals surface area contributed by atoms with Crippen LogP contribution in [0.2, 0.25) is 0 Å². The van der Waals surface area contributed by atoms with Gasteiger partial charge in [-0.05, 0) is 48.2 Å². The minimum atomic E-state index is -4.81. The van der Waals surface area contributed by atoms with Gasteiger partial charge in [-0.25, -0.2) is 19.2 Å². The molecule has 39 heavy (non-hydrogen) atoms. The zero-order chi connectivity index (χ0) is 29.6. The van der Waals surface area contributed by atoms with Crippen molar-refractivity contribution in [2.24, 2.45) is 0 Å². The number of hydrogen-bond acceptors (Lipinski definition) is 10. The van der Waals surface area contributed by atoms with Crippen molar-refractivity contribution in [1.29, 1.82) is 0 Å². The van der Waals surface area contributed by atoms with Crippen molar-refractivity contribution in [3.8, 4) is 0 Å². The van der Waals surface area contributed by atoms with Gasteiger partial charge in [0.25, 0.3) is 20.2 Å². The molecule has 0 unspecified atom stereocenters. The summed E-state index contributed by atoms with van der Waals surface area (Å²) >= 11 is 0. The summed E-state index contributed by atoms with van der Waals surface area (Å²) < 4.78 is 62.7. The van der Waals surface area contributed by atoms with Crippen molar-refractivity contribution >= 4 is 73.7 Å². The molecule has 2 aromatic rings. The van der Waals surface area contributed by atoms with Gasteiger partial charge in [0.15, 0.2) is 0 Å². The maximum Gasteiger partial charge on any atom is 0.336 e. The van der Waals surface area contributed by atoms with Crippen LogP contribution >= 0.6 is 0 Å². The predicted molar refractivity (Wildman–Crippen MR) is 128 cm³/mol. The quantitative estimate of drug-likeness (QED) is 0.123. The number of hydrogen-bond donors (Lipinski definition) is 8. The van der Waals surface area contributed by atoms with Crippen LogP contribution in [0.25, 0.3) is 0 Å². The van der Waals surface area contributed by atoms with Crippen molar-refractivity contribution in [2.45, 2.75) is 22.6 Å². The Balaban J connectivity index is 0.000000722. The SMILES string of the molecule is O=C(O)c1cc(C(=O)O)c(CCO)c(S(=O)(=O)O)c1.O=C(O)c1cc(C(=O)O)c(CCO)c(S(=O)(=O)O)c1.[Na]. The van der Waals surface area contributed by atoms with E-state index in [4.69, 9.17) is 39.7 Å². The van der Waals surface area contributed by atoms with Gasteiger partial charge in [0.2, 0.25) is 0 Å². The van der Waals surface area contributed by atoms with Gasteiger partial charge in [0, 0.05) is 42.8 Å². The first-order chi connectivity index (χ1) is 17.4. The molecule has 1 radical (unpaired) electrons. The fraction of sp³-hybridized carbons (Fsp3) is 0.200. The van der Waals surface area contributed by atoms with E-state index in [9.17, 15) is 36.0 Å². The average Bonchev–Trinajstić information content (AvgIpc) is 2.77. The number of aliphatic hydroxyl groups excluding tert-OH is 2. The minimum Gasteiger partial charge on any atom is -0.478 e. The van der Waals surface area contributed by atoms with Gasteiger partial charge in [-0.1, -0.05) is 0 Å². The Kier molecular flexibility index (Phi) is 13.4. The monoisotopic (exact) mass is 603 g/mol. The molecular weight excluding hydrogens is 583 g/mol. The van der Waals surface area contributed by atoms with Gasteiger partial charge in [0.05, 0.1) is 32.0 Å². The molecule has 209 valence electrons. The summed E-state index contributed by atoms with van der Waals surface area (Å²) in [5.41, 5.74) is -3.06. The number of aromatic carboxylic acids is 4. The second-order valence-electron chi connectivity index (χ2n) is 7.12. The molecule has 2 aromatic carbocycles. The molecule has 0 aliphatic carbocycles. The standard InChI is InChI=1S/2C10H10O8S.Na/c2*11-2-1-6-7(10(14)15)3-5(9(12)13)4-8(6)19(16,17)18;/h2*3-4,11H,1-2H2,(H,12,13)(H,14,15)(H,16,17,18);. The topological polar surface area (TPSA) is 298 Å². The van der Waals surface area contributed by atoms with Crippen LogP contribution in [0.5, 0.6) is 0 Å². The van der Waals surface area contributed by atoms with Gasteiger partial charge in [-0.3, -0.25) is 9.11 Å². The normalized spacial score (nSPS) is 11.0.